The third-order valence-corrected chi connectivity index (χ3v) is 13.1. The lowest BCUT2D eigenvalue weighted by Crippen LogP contribution is -2.38. The van der Waals surface area contributed by atoms with Gasteiger partial charge in [0.2, 0.25) is 0 Å². The average molecular weight is 1030 g/mol. The van der Waals surface area contributed by atoms with Crippen molar-refractivity contribution in [3.05, 3.63) is 12.7 Å². The van der Waals surface area contributed by atoms with Crippen LogP contribution < -0.4 is 5.73 Å². The summed E-state index contributed by atoms with van der Waals surface area (Å²) < 4.78 is 93.0. The Kier molecular flexibility index (Phi) is 18.5. The summed E-state index contributed by atoms with van der Waals surface area (Å²) in [6.07, 6.45) is -13.2. The number of nitrogen functional groups attached to an aromatic ring is 1. The van der Waals surface area contributed by atoms with Crippen LogP contribution in [0.1, 0.15) is 6.23 Å². The lowest BCUT2D eigenvalue weighted by molar-refractivity contribution is -0.159. The van der Waals surface area contributed by atoms with Crippen molar-refractivity contribution >= 4 is 81.1 Å². The van der Waals surface area contributed by atoms with Crippen LogP contribution in [0, 0.1) is 0 Å². The number of carbonyl (C=O) groups is 3. The number of fused-ring (bicyclic) bond motifs is 1. The van der Waals surface area contributed by atoms with Crippen molar-refractivity contribution in [3.63, 3.8) is 0 Å². The van der Waals surface area contributed by atoms with Gasteiger partial charge in [-0.3, -0.25) is 22.8 Å². The molecule has 356 valence electrons. The fourth-order valence-electron chi connectivity index (χ4n) is 3.94. The minimum atomic E-state index is -6.45. The van der Waals surface area contributed by atoms with E-state index in [9.17, 15) is 72.2 Å². The number of hydrogen-bond donors (Lipinski definition) is 18. The monoisotopic (exact) mass is 1030 g/mol. The molecule has 3 heterocycles. The van der Waals surface area contributed by atoms with E-state index >= 15 is 0 Å². The van der Waals surface area contributed by atoms with Gasteiger partial charge >= 0.3 is 64.2 Å². The van der Waals surface area contributed by atoms with Gasteiger partial charge in [0.05, 0.1) is 12.9 Å². The molecule has 1 aliphatic rings. The molecule has 7 unspecified atom stereocenters. The molecule has 0 amide bonds. The third-order valence-electron chi connectivity index (χ3n) is 6.82. The summed E-state index contributed by atoms with van der Waals surface area (Å²) in [4.78, 5) is 125. The molecule has 62 heavy (non-hydrogen) atoms. The molecule has 1 fully saturated rings. The van der Waals surface area contributed by atoms with Gasteiger partial charge in [0.1, 0.15) is 30.2 Å². The van der Waals surface area contributed by atoms with Gasteiger partial charge in [-0.25, -0.2) is 38.5 Å². The highest BCUT2D eigenvalue weighted by Crippen LogP contribution is 2.58. The highest BCUT2D eigenvalue weighted by atomic mass is 31.3. The van der Waals surface area contributed by atoms with Gasteiger partial charge in [0.15, 0.2) is 53.5 Å². The van der Waals surface area contributed by atoms with Crippen LogP contribution in [0.3, 0.4) is 0 Å². The number of nitrogens with two attached hydrogens (primary N) is 1. The molecular weight excluding hydrogens is 996 g/mol. The number of ether oxygens (including phenoxy) is 1. The Morgan fingerprint density at radius 3 is 1.45 bits per heavy atom. The Hall–Kier alpha value is -2.66. The molecule has 2 aromatic rings. The van der Waals surface area contributed by atoms with E-state index in [0.717, 1.165) is 6.33 Å². The first-order chi connectivity index (χ1) is 27.8. The summed E-state index contributed by atoms with van der Waals surface area (Å²) in [5, 5.41) is 75.8. The predicted molar refractivity (Wildman–Crippen MR) is 183 cm³/mol. The molecule has 0 saturated carbocycles. The van der Waals surface area contributed by atoms with Gasteiger partial charge in [-0.2, -0.15) is 8.88 Å². The molecule has 1 saturated heterocycles. The molecule has 0 aromatic carbocycles. The molecular formula is C19H33N5O32P6. The summed E-state index contributed by atoms with van der Waals surface area (Å²) in [6.45, 7) is -0.813. The summed E-state index contributed by atoms with van der Waals surface area (Å²) in [6, 6.07) is 0. The van der Waals surface area contributed by atoms with E-state index in [1.54, 1.807) is 0 Å². The number of imidazole rings is 1. The number of aliphatic hydroxyl groups is 8. The second-order valence-electron chi connectivity index (χ2n) is 11.5. The van der Waals surface area contributed by atoms with E-state index in [1.807, 2.05) is 0 Å². The van der Waals surface area contributed by atoms with Crippen LogP contribution in [0.4, 0.5) is 5.82 Å². The largest absolute Gasteiger partial charge is 0.654 e. The number of rotatable bonds is 18. The fraction of sp³-hybridized carbons (Fsp3) is 0.579. The predicted octanol–water partition coefficient (Wildman–Crippen LogP) is -7.45. The molecule has 11 atom stereocenters. The van der Waals surface area contributed by atoms with Crippen molar-refractivity contribution in [2.24, 2.45) is 0 Å². The number of aliphatic hydroxyl groups excluding tert-OH is 8. The number of hydrogen-bond acceptors (Lipinski definition) is 27. The minimum Gasteiger partial charge on any atom is -0.387 e. The molecule has 0 spiro atoms. The minimum absolute atomic E-state index is 0.0856. The van der Waals surface area contributed by atoms with Crippen LogP contribution in [0.2, 0.25) is 0 Å². The maximum atomic E-state index is 12.5. The molecule has 3 rings (SSSR count). The van der Waals surface area contributed by atoms with E-state index < -0.39 is 131 Å². The molecule has 43 heteroatoms. The van der Waals surface area contributed by atoms with E-state index in [4.69, 9.17) is 64.9 Å². The molecule has 37 nitrogen and oxygen atoms in total. The van der Waals surface area contributed by atoms with Crippen LogP contribution >= 0.6 is 46.3 Å². The number of anilines is 1. The van der Waals surface area contributed by atoms with Gasteiger partial charge in [0.25, 0.3) is 0 Å². The Bertz CT molecular complexity index is 2110. The Morgan fingerprint density at radius 1 is 0.677 bits per heavy atom. The zero-order valence-electron chi connectivity index (χ0n) is 29.4. The number of phosphoric ester groups is 2. The first-order valence-electron chi connectivity index (χ1n) is 15.1. The highest BCUT2D eigenvalue weighted by Gasteiger charge is 2.51. The first-order valence-corrected chi connectivity index (χ1v) is 24.6. The molecule has 0 aliphatic carbocycles. The maximum absolute atomic E-state index is 12.5. The Balaban J connectivity index is 0.000000438. The molecule has 1 aliphatic heterocycles. The van der Waals surface area contributed by atoms with Gasteiger partial charge < -0.3 is 109 Å². The number of carbonyl (C=O) groups excluding carboxylic acids is 3. The van der Waals surface area contributed by atoms with Crippen LogP contribution in [0.5, 0.6) is 0 Å². The molecule has 0 radical (unpaired) electrons. The van der Waals surface area contributed by atoms with Crippen LogP contribution in [-0.4, -0.2) is 183 Å². The third kappa shape index (κ3) is 15.2. The lowest BCUT2D eigenvalue weighted by Gasteiger charge is -2.24. The van der Waals surface area contributed by atoms with Crippen molar-refractivity contribution in [2.75, 3.05) is 12.3 Å². The Labute approximate surface area is 339 Å². The van der Waals surface area contributed by atoms with Crippen LogP contribution in [0.25, 0.3) is 11.2 Å². The fourth-order valence-corrected chi connectivity index (χ4v) is 8.11. The topological polar surface area (TPSA) is 623 Å². The summed E-state index contributed by atoms with van der Waals surface area (Å²) >= 11 is 0. The van der Waals surface area contributed by atoms with Crippen molar-refractivity contribution < 1.29 is 154 Å². The summed E-state index contributed by atoms with van der Waals surface area (Å²) in [5.74, 6) is -17.7. The van der Waals surface area contributed by atoms with Gasteiger partial charge in [-0.05, 0) is 0 Å². The quantitative estimate of drug-likeness (QED) is 0.0617. The number of phosphoric acid groups is 3. The zero-order valence-corrected chi connectivity index (χ0v) is 34.8. The van der Waals surface area contributed by atoms with Crippen LogP contribution in [0.15, 0.2) is 12.7 Å². The van der Waals surface area contributed by atoms with Gasteiger partial charge in [-0.15, -0.1) is 0 Å². The standard InChI is InChI=1S/C10H15N5O10P2.C9H18O22P4/c11-8-5-9(13-2-12-8)15(3-14-5)10-7(17)6(16)4(24-10)1-23-27(21,22)25-26(18,19)20;10-1(7(16)32(19,20)21)4(13)29-35(28,30-5(14)2(11)8(17)33(22,23)24)31-6(15)3(12)9(18)34(25,26)27/h2-4,6-7,10,16-17H,1H2,(H,21,22)(H2,11,12,13)(H2,18,19,20);1-3,7-12,16-18H,(H2,19,20,21)(H2,22,23,24)(H2,25,26,27)/t4-,6-,7-,10-;/m1./s1. The van der Waals surface area contributed by atoms with E-state index in [2.05, 4.69) is 37.4 Å². The van der Waals surface area contributed by atoms with Crippen LogP contribution in [-0.2, 0) is 68.9 Å². The second-order valence-corrected chi connectivity index (χ2v) is 20.9. The summed E-state index contributed by atoms with van der Waals surface area (Å²) in [7, 11) is -34.0. The second kappa shape index (κ2) is 20.7. The average Bonchev–Trinajstić information content (AvgIpc) is 3.67. The Morgan fingerprint density at radius 2 is 1.08 bits per heavy atom. The van der Waals surface area contributed by atoms with E-state index in [0.29, 0.717) is 0 Å². The smallest absolute Gasteiger partial charge is 0.387 e. The maximum Gasteiger partial charge on any atom is 0.654 e. The van der Waals surface area contributed by atoms with E-state index in [-0.39, 0.29) is 17.0 Å². The van der Waals surface area contributed by atoms with Crippen molar-refractivity contribution in [1.29, 1.82) is 0 Å². The summed E-state index contributed by atoms with van der Waals surface area (Å²) in [5.41, 5.74) is 6.11. The first kappa shape index (κ1) is 55.5. The highest BCUT2D eigenvalue weighted by molar-refractivity contribution is 7.60. The van der Waals surface area contributed by atoms with Crippen molar-refractivity contribution in [2.45, 2.75) is 60.4 Å². The molecule has 19 N–H and O–H groups in total. The normalized spacial score (nSPS) is 23.6. The van der Waals surface area contributed by atoms with E-state index in [1.165, 1.54) is 10.9 Å². The van der Waals surface area contributed by atoms with Gasteiger partial charge in [-0.1, -0.05) is 0 Å². The van der Waals surface area contributed by atoms with Crippen molar-refractivity contribution in [1.82, 2.24) is 19.5 Å². The number of aromatic nitrogens is 4. The number of nitrogens with zero attached hydrogens (tertiary/aromatic N) is 4. The molecule has 0 bridgehead atoms. The SMILES string of the molecule is Nc1ncnc2c1ncn2[C@@H]1O[C@H](COP(=O)(O)OP(=O)(O)O)[C@@H](O)[C@H]1O.O=C(OP(=O)(OC(=O)C(O)C(O)P(=O)(O)O)OC(=O)C(O)C(O)P(=O)(O)O)C(O)C(O)P(=O)(O)O. The zero-order chi connectivity index (χ0) is 48.3. The van der Waals surface area contributed by atoms with Crippen molar-refractivity contribution in [3.8, 4) is 0 Å². The lowest BCUT2D eigenvalue weighted by atomic mass is 10.1. The molecule has 2 aromatic heterocycles. The van der Waals surface area contributed by atoms with Gasteiger partial charge in [0, 0.05) is 0 Å².